The highest BCUT2D eigenvalue weighted by Gasteiger charge is 2.52. The van der Waals surface area contributed by atoms with E-state index >= 15 is 0 Å². The van der Waals surface area contributed by atoms with E-state index in [1.165, 1.54) is 13.8 Å². The van der Waals surface area contributed by atoms with Gasteiger partial charge in [0, 0.05) is 39.8 Å². The molecule has 212 valence electrons. The highest BCUT2D eigenvalue weighted by Crippen LogP contribution is 2.32. The third-order valence-electron chi connectivity index (χ3n) is 5.91. The smallest absolute Gasteiger partial charge is 0.303 e. The molecule has 13 nitrogen and oxygen atoms in total. The molecule has 2 aliphatic rings. The van der Waals surface area contributed by atoms with Gasteiger partial charge >= 0.3 is 17.9 Å². The number of aryl methyl sites for hydroxylation is 1. The van der Waals surface area contributed by atoms with Crippen LogP contribution in [0.4, 0.5) is 5.69 Å². The molecule has 13 heteroatoms. The Balaban J connectivity index is 2.02. The van der Waals surface area contributed by atoms with Crippen LogP contribution in [-0.2, 0) is 47.8 Å². The van der Waals surface area contributed by atoms with Gasteiger partial charge in [-0.25, -0.2) is 0 Å². The molecule has 0 spiro atoms. The predicted octanol–water partition coefficient (Wildman–Crippen LogP) is 1.13. The number of nitrogens with zero attached hydrogens (tertiary/aromatic N) is 2. The molecule has 0 aliphatic carbocycles. The fourth-order valence-electron chi connectivity index (χ4n) is 4.45. The molecular formula is C26H33N3O10. The third-order valence-corrected chi connectivity index (χ3v) is 5.91. The van der Waals surface area contributed by atoms with E-state index in [0.29, 0.717) is 24.2 Å². The molecule has 1 aromatic rings. The Morgan fingerprint density at radius 3 is 2.28 bits per heavy atom. The van der Waals surface area contributed by atoms with E-state index in [-0.39, 0.29) is 18.2 Å². The van der Waals surface area contributed by atoms with E-state index in [9.17, 15) is 24.0 Å². The fraction of sp³-hybridized carbons (Fsp3) is 0.538. The van der Waals surface area contributed by atoms with Gasteiger partial charge in [0.25, 0.3) is 12.2 Å². The Kier molecular flexibility index (Phi) is 9.62. The molecule has 0 bridgehead atoms. The molecule has 1 fully saturated rings. The summed E-state index contributed by atoms with van der Waals surface area (Å²) < 4.78 is 21.8. The lowest BCUT2D eigenvalue weighted by molar-refractivity contribution is -0.278. The van der Waals surface area contributed by atoms with Crippen LogP contribution in [0.5, 0.6) is 0 Å². The van der Waals surface area contributed by atoms with Crippen LogP contribution in [-0.4, -0.2) is 79.2 Å². The highest BCUT2D eigenvalue weighted by molar-refractivity contribution is 6.54. The molecular weight excluding hydrogens is 514 g/mol. The molecule has 1 N–H and O–H groups in total. The van der Waals surface area contributed by atoms with Gasteiger partial charge in [0.2, 0.25) is 5.91 Å². The average molecular weight is 548 g/mol. The van der Waals surface area contributed by atoms with E-state index in [1.54, 1.807) is 11.0 Å². The molecule has 2 aliphatic heterocycles. The standard InChI is InChI=1S/C26H33N3O10/c1-7-10-29-19-9-8-13(2)11-18(19)21(25(29)34)28-39-26-22(27-14(3)30)24(37-17(6)33)23(36-16(5)32)20(38-26)12-35-15(4)31/h8-9,11,20,22-24,26H,7,10,12H2,1-6H3,(H,27,30)/b28-21+/t20-,22-,23+,24-,26+/m1/s1. The second-order valence-corrected chi connectivity index (χ2v) is 9.24. The summed E-state index contributed by atoms with van der Waals surface area (Å²) >= 11 is 0. The number of ether oxygens (including phenoxy) is 4. The quantitative estimate of drug-likeness (QED) is 0.270. The summed E-state index contributed by atoms with van der Waals surface area (Å²) in [5.74, 6) is -3.01. The van der Waals surface area contributed by atoms with Crippen molar-refractivity contribution in [3.63, 3.8) is 0 Å². The first-order valence-electron chi connectivity index (χ1n) is 12.5. The van der Waals surface area contributed by atoms with Crippen molar-refractivity contribution >= 4 is 41.1 Å². The zero-order valence-corrected chi connectivity index (χ0v) is 22.7. The van der Waals surface area contributed by atoms with Crippen LogP contribution in [0.15, 0.2) is 23.4 Å². The molecule has 1 aromatic carbocycles. The van der Waals surface area contributed by atoms with Gasteiger partial charge in [-0.1, -0.05) is 23.7 Å². The number of fused-ring (bicyclic) bond motifs is 1. The van der Waals surface area contributed by atoms with Gasteiger partial charge in [-0.2, -0.15) is 0 Å². The molecule has 1 saturated heterocycles. The van der Waals surface area contributed by atoms with Gasteiger partial charge < -0.3 is 34.0 Å². The van der Waals surface area contributed by atoms with Gasteiger partial charge in [0.05, 0.1) is 5.69 Å². The number of nitrogens with one attached hydrogen (secondary N) is 1. The van der Waals surface area contributed by atoms with Crippen LogP contribution in [0.2, 0.25) is 0 Å². The number of hydrogen-bond acceptors (Lipinski definition) is 11. The highest BCUT2D eigenvalue weighted by atomic mass is 16.8. The van der Waals surface area contributed by atoms with Crippen molar-refractivity contribution in [2.24, 2.45) is 5.16 Å². The number of anilines is 1. The van der Waals surface area contributed by atoms with Crippen molar-refractivity contribution in [2.45, 2.75) is 78.6 Å². The van der Waals surface area contributed by atoms with E-state index in [1.807, 2.05) is 26.0 Å². The summed E-state index contributed by atoms with van der Waals surface area (Å²) in [5, 5.41) is 6.71. The molecule has 2 heterocycles. The number of carbonyl (C=O) groups excluding carboxylic acids is 5. The molecule has 39 heavy (non-hydrogen) atoms. The normalized spacial score (nSPS) is 25.1. The largest absolute Gasteiger partial charge is 0.463 e. The van der Waals surface area contributed by atoms with Gasteiger partial charge in [0.15, 0.2) is 17.9 Å². The summed E-state index contributed by atoms with van der Waals surface area (Å²) in [4.78, 5) is 68.1. The van der Waals surface area contributed by atoms with Crippen molar-refractivity contribution in [2.75, 3.05) is 18.1 Å². The minimum atomic E-state index is -1.43. The van der Waals surface area contributed by atoms with E-state index in [0.717, 1.165) is 19.4 Å². The van der Waals surface area contributed by atoms with E-state index < -0.39 is 54.5 Å². The average Bonchev–Trinajstić information content (AvgIpc) is 3.09. The second-order valence-electron chi connectivity index (χ2n) is 9.24. The number of rotatable bonds is 9. The molecule has 3 rings (SSSR count). The van der Waals surface area contributed by atoms with Gasteiger partial charge in [-0.3, -0.25) is 24.0 Å². The molecule has 0 aromatic heterocycles. The van der Waals surface area contributed by atoms with Gasteiger partial charge in [-0.15, -0.1) is 0 Å². The minimum absolute atomic E-state index is 0.0232. The summed E-state index contributed by atoms with van der Waals surface area (Å²) in [5.41, 5.74) is 2.16. The van der Waals surface area contributed by atoms with Crippen molar-refractivity contribution in [3.8, 4) is 0 Å². The Bertz CT molecular complexity index is 1170. The number of hydrogen-bond donors (Lipinski definition) is 1. The zero-order chi connectivity index (χ0) is 28.9. The summed E-state index contributed by atoms with van der Waals surface area (Å²) in [7, 11) is 0. The maximum atomic E-state index is 13.2. The summed E-state index contributed by atoms with van der Waals surface area (Å²) in [6.07, 6.45) is -4.46. The van der Waals surface area contributed by atoms with Gasteiger partial charge in [0.1, 0.15) is 18.8 Å². The molecule has 0 unspecified atom stereocenters. The van der Waals surface area contributed by atoms with Gasteiger partial charge in [-0.05, 0) is 25.5 Å². The fourth-order valence-corrected chi connectivity index (χ4v) is 4.45. The topological polar surface area (TPSA) is 159 Å². The van der Waals surface area contributed by atoms with Crippen LogP contribution in [0.25, 0.3) is 0 Å². The zero-order valence-electron chi connectivity index (χ0n) is 22.7. The Morgan fingerprint density at radius 1 is 1.03 bits per heavy atom. The van der Waals surface area contributed by atoms with Crippen molar-refractivity contribution in [1.82, 2.24) is 5.32 Å². The first kappa shape index (κ1) is 29.6. The molecule has 0 radical (unpaired) electrons. The number of amides is 2. The van der Waals surface area contributed by atoms with E-state index in [2.05, 4.69) is 10.5 Å². The minimum Gasteiger partial charge on any atom is -0.463 e. The number of benzene rings is 1. The number of esters is 3. The maximum absolute atomic E-state index is 13.2. The van der Waals surface area contributed by atoms with Crippen molar-refractivity contribution in [1.29, 1.82) is 0 Å². The summed E-state index contributed by atoms with van der Waals surface area (Å²) in [6, 6.07) is 4.30. The first-order valence-corrected chi connectivity index (χ1v) is 12.5. The van der Waals surface area contributed by atoms with Crippen molar-refractivity contribution in [3.05, 3.63) is 29.3 Å². The summed E-state index contributed by atoms with van der Waals surface area (Å²) in [6.45, 7) is 8.58. The lowest BCUT2D eigenvalue weighted by Crippen LogP contribution is -2.66. The number of oxime groups is 1. The monoisotopic (exact) mass is 547 g/mol. The Morgan fingerprint density at radius 2 is 1.69 bits per heavy atom. The SMILES string of the molecule is CCCN1C(=O)/C(=N/O[C@@H]2O[C@H](COC(C)=O)[C@H](OC(C)=O)[C@H](OC(C)=O)[C@H]2NC(C)=O)c2cc(C)ccc21. The van der Waals surface area contributed by atoms with E-state index in [4.69, 9.17) is 23.8 Å². The second kappa shape index (κ2) is 12.7. The Hall–Kier alpha value is -4.00. The predicted molar refractivity (Wildman–Crippen MR) is 135 cm³/mol. The van der Waals surface area contributed by atoms with Crippen LogP contribution >= 0.6 is 0 Å². The lowest BCUT2D eigenvalue weighted by atomic mass is 9.96. The number of carbonyl (C=O) groups is 5. The maximum Gasteiger partial charge on any atom is 0.303 e. The Labute approximate surface area is 225 Å². The molecule has 2 amide bonds. The van der Waals surface area contributed by atoms with Crippen LogP contribution in [0, 0.1) is 6.92 Å². The van der Waals surface area contributed by atoms with Crippen LogP contribution in [0.1, 0.15) is 52.2 Å². The third kappa shape index (κ3) is 7.11. The van der Waals surface area contributed by atoms with Crippen LogP contribution < -0.4 is 10.2 Å². The first-order chi connectivity index (χ1) is 18.4. The van der Waals surface area contributed by atoms with Crippen LogP contribution in [0.3, 0.4) is 0 Å². The molecule has 0 saturated carbocycles. The molecule has 5 atom stereocenters. The lowest BCUT2D eigenvalue weighted by Gasteiger charge is -2.43. The van der Waals surface area contributed by atoms with Crippen molar-refractivity contribution < 1.29 is 47.8 Å².